The van der Waals surface area contributed by atoms with Crippen LogP contribution in [0.2, 0.25) is 5.02 Å². The van der Waals surface area contributed by atoms with Crippen LogP contribution in [0.25, 0.3) is 10.2 Å². The third kappa shape index (κ3) is 4.79. The van der Waals surface area contributed by atoms with Crippen LogP contribution in [0, 0.1) is 11.7 Å². The van der Waals surface area contributed by atoms with Crippen molar-refractivity contribution in [2.75, 3.05) is 55.7 Å². The number of thiazole rings is 1. The number of rotatable bonds is 6. The number of para-hydroxylation sites is 1. The fourth-order valence-electron chi connectivity index (χ4n) is 4.35. The van der Waals surface area contributed by atoms with Crippen molar-refractivity contribution in [3.05, 3.63) is 53.3 Å². The van der Waals surface area contributed by atoms with Gasteiger partial charge in [-0.25, -0.2) is 9.37 Å². The predicted molar refractivity (Wildman–Crippen MR) is 131 cm³/mol. The Labute approximate surface area is 205 Å². The Hall–Kier alpha value is -2.59. The van der Waals surface area contributed by atoms with Gasteiger partial charge in [-0.15, -0.1) is 0 Å². The van der Waals surface area contributed by atoms with Crippen LogP contribution in [0.15, 0.2) is 42.5 Å². The molecule has 34 heavy (non-hydrogen) atoms. The molecule has 3 aromatic rings. The molecule has 2 aliphatic heterocycles. The van der Waals surface area contributed by atoms with Gasteiger partial charge in [-0.2, -0.15) is 0 Å². The Balaban J connectivity index is 1.39. The molecule has 2 saturated heterocycles. The summed E-state index contributed by atoms with van der Waals surface area (Å²) in [7, 11) is 0. The molecule has 3 heterocycles. The van der Waals surface area contributed by atoms with E-state index in [1.54, 1.807) is 28.0 Å². The Bertz CT molecular complexity index is 1200. The van der Waals surface area contributed by atoms with Gasteiger partial charge >= 0.3 is 0 Å². The predicted octanol–water partition coefficient (Wildman–Crippen LogP) is 3.81. The molecule has 2 aliphatic rings. The maximum atomic E-state index is 13.7. The van der Waals surface area contributed by atoms with Gasteiger partial charge < -0.3 is 9.64 Å². The molecule has 0 aliphatic carbocycles. The molecule has 0 radical (unpaired) electrons. The second-order valence-electron chi connectivity index (χ2n) is 8.41. The fourth-order valence-corrected chi connectivity index (χ4v) is 5.65. The molecule has 2 aromatic carbocycles. The molecule has 0 spiro atoms. The number of hydrogen-bond donors (Lipinski definition) is 0. The average molecular weight is 503 g/mol. The van der Waals surface area contributed by atoms with E-state index in [0.717, 1.165) is 17.8 Å². The number of ether oxygens (including phenoxy) is 1. The number of benzene rings is 2. The summed E-state index contributed by atoms with van der Waals surface area (Å²) >= 11 is 7.76. The third-order valence-corrected chi connectivity index (χ3v) is 7.56. The minimum Gasteiger partial charge on any atom is -0.379 e. The van der Waals surface area contributed by atoms with Crippen LogP contribution in [0.1, 0.15) is 6.42 Å². The van der Waals surface area contributed by atoms with E-state index in [4.69, 9.17) is 16.3 Å². The molecule has 7 nitrogen and oxygen atoms in total. The lowest BCUT2D eigenvalue weighted by atomic mass is 10.1. The van der Waals surface area contributed by atoms with Gasteiger partial charge in [0.1, 0.15) is 11.3 Å². The molecule has 5 rings (SSSR count). The van der Waals surface area contributed by atoms with Crippen molar-refractivity contribution in [2.45, 2.75) is 6.42 Å². The summed E-state index contributed by atoms with van der Waals surface area (Å²) in [6, 6.07) is 11.3. The smallest absolute Gasteiger partial charge is 0.234 e. The zero-order valence-corrected chi connectivity index (χ0v) is 20.0. The topological polar surface area (TPSA) is 66.0 Å². The highest BCUT2D eigenvalue weighted by atomic mass is 35.5. The number of carbonyl (C=O) groups is 2. The molecular weight excluding hydrogens is 479 g/mol. The van der Waals surface area contributed by atoms with Gasteiger partial charge in [0.25, 0.3) is 0 Å². The van der Waals surface area contributed by atoms with Crippen molar-refractivity contribution in [2.24, 2.45) is 5.92 Å². The van der Waals surface area contributed by atoms with E-state index in [1.165, 1.54) is 23.5 Å². The first-order chi connectivity index (χ1) is 16.5. The quantitative estimate of drug-likeness (QED) is 0.513. The molecule has 0 bridgehead atoms. The Morgan fingerprint density at radius 2 is 1.97 bits per heavy atom. The first-order valence-corrected chi connectivity index (χ1v) is 12.4. The van der Waals surface area contributed by atoms with Crippen molar-refractivity contribution in [3.63, 3.8) is 0 Å². The number of morpholine rings is 1. The van der Waals surface area contributed by atoms with Gasteiger partial charge in [0.15, 0.2) is 5.13 Å². The minimum atomic E-state index is -0.510. The van der Waals surface area contributed by atoms with E-state index < -0.39 is 5.92 Å². The summed E-state index contributed by atoms with van der Waals surface area (Å²) in [5, 5.41) is 1.12. The molecule has 1 aromatic heterocycles. The summed E-state index contributed by atoms with van der Waals surface area (Å²) in [4.78, 5) is 36.7. The van der Waals surface area contributed by atoms with E-state index in [1.807, 2.05) is 12.1 Å². The van der Waals surface area contributed by atoms with Crippen LogP contribution >= 0.6 is 22.9 Å². The second-order valence-corrected chi connectivity index (χ2v) is 9.83. The maximum absolute atomic E-state index is 13.7. The van der Waals surface area contributed by atoms with Crippen molar-refractivity contribution in [3.8, 4) is 0 Å². The number of halogens is 2. The molecule has 1 unspecified atom stereocenters. The fraction of sp³-hybridized carbons (Fsp3) is 0.375. The first-order valence-electron chi connectivity index (χ1n) is 11.2. The van der Waals surface area contributed by atoms with E-state index in [0.29, 0.717) is 47.7 Å². The van der Waals surface area contributed by atoms with Crippen LogP contribution in [-0.2, 0) is 14.3 Å². The largest absolute Gasteiger partial charge is 0.379 e. The molecule has 2 amide bonds. The van der Waals surface area contributed by atoms with E-state index in [2.05, 4.69) is 9.88 Å². The lowest BCUT2D eigenvalue weighted by molar-refractivity contribution is -0.124. The van der Waals surface area contributed by atoms with E-state index >= 15 is 0 Å². The van der Waals surface area contributed by atoms with Gasteiger partial charge in [0.05, 0.1) is 28.9 Å². The highest BCUT2D eigenvalue weighted by molar-refractivity contribution is 7.22. The molecule has 2 fully saturated rings. The number of hydrogen-bond acceptors (Lipinski definition) is 6. The summed E-state index contributed by atoms with van der Waals surface area (Å²) in [6.07, 6.45) is 0.107. The molecule has 0 N–H and O–H groups in total. The van der Waals surface area contributed by atoms with Crippen LogP contribution in [-0.4, -0.2) is 67.6 Å². The lowest BCUT2D eigenvalue weighted by Crippen LogP contribution is -2.45. The Morgan fingerprint density at radius 3 is 2.71 bits per heavy atom. The molecule has 10 heteroatoms. The molecule has 0 saturated carbocycles. The lowest BCUT2D eigenvalue weighted by Gasteiger charge is -2.30. The maximum Gasteiger partial charge on any atom is 0.234 e. The van der Waals surface area contributed by atoms with Crippen LogP contribution in [0.4, 0.5) is 15.2 Å². The molecular formula is C24H24ClFN4O3S. The summed E-state index contributed by atoms with van der Waals surface area (Å²) < 4.78 is 19.7. The Kier molecular flexibility index (Phi) is 6.78. The van der Waals surface area contributed by atoms with E-state index in [-0.39, 0.29) is 30.6 Å². The normalized spacial score (nSPS) is 19.2. The summed E-state index contributed by atoms with van der Waals surface area (Å²) in [6.45, 7) is 4.37. The highest BCUT2D eigenvalue weighted by Gasteiger charge is 2.38. The van der Waals surface area contributed by atoms with Gasteiger partial charge in [-0.3, -0.25) is 19.4 Å². The van der Waals surface area contributed by atoms with Gasteiger partial charge in [-0.05, 0) is 36.4 Å². The van der Waals surface area contributed by atoms with Crippen LogP contribution in [0.3, 0.4) is 0 Å². The number of fused-ring (bicyclic) bond motifs is 1. The zero-order chi connectivity index (χ0) is 23.7. The highest BCUT2D eigenvalue weighted by Crippen LogP contribution is 2.35. The Morgan fingerprint density at radius 1 is 1.21 bits per heavy atom. The van der Waals surface area contributed by atoms with Crippen molar-refractivity contribution in [1.29, 1.82) is 0 Å². The van der Waals surface area contributed by atoms with Crippen LogP contribution < -0.4 is 9.80 Å². The zero-order valence-electron chi connectivity index (χ0n) is 18.5. The number of amides is 2. The van der Waals surface area contributed by atoms with Crippen molar-refractivity contribution >= 4 is 55.8 Å². The number of anilines is 2. The summed E-state index contributed by atoms with van der Waals surface area (Å²) in [5.41, 5.74) is 1.26. The van der Waals surface area contributed by atoms with Gasteiger partial charge in [-0.1, -0.05) is 29.0 Å². The molecule has 178 valence electrons. The monoisotopic (exact) mass is 502 g/mol. The third-order valence-electron chi connectivity index (χ3n) is 6.21. The van der Waals surface area contributed by atoms with E-state index in [9.17, 15) is 14.0 Å². The number of carbonyl (C=O) groups excluding carboxylic acids is 2. The SMILES string of the molecule is O=C1CC(C(=O)N(CCN2CCOCC2)c2nc3c(Cl)cccc3s2)CN1c1ccc(F)cc1. The van der Waals surface area contributed by atoms with Gasteiger partial charge in [0, 0.05) is 44.8 Å². The van der Waals surface area contributed by atoms with Crippen molar-refractivity contribution in [1.82, 2.24) is 9.88 Å². The molecule has 1 atom stereocenters. The minimum absolute atomic E-state index is 0.107. The number of aromatic nitrogens is 1. The van der Waals surface area contributed by atoms with Crippen LogP contribution in [0.5, 0.6) is 0 Å². The standard InChI is InChI=1S/C24H24ClFN4O3S/c25-19-2-1-3-20-22(19)27-24(34-20)29(9-8-28-10-12-33-13-11-28)23(32)16-14-21(31)30(15-16)18-6-4-17(26)5-7-18/h1-7,16H,8-15H2. The summed E-state index contributed by atoms with van der Waals surface area (Å²) in [5.74, 6) is -1.16. The second kappa shape index (κ2) is 9.95. The van der Waals surface area contributed by atoms with Crippen molar-refractivity contribution < 1.29 is 18.7 Å². The average Bonchev–Trinajstić information content (AvgIpc) is 3.45. The van der Waals surface area contributed by atoms with Gasteiger partial charge in [0.2, 0.25) is 11.8 Å². The number of nitrogens with zero attached hydrogens (tertiary/aromatic N) is 4. The first kappa shape index (κ1) is 23.2.